The standard InChI is InChI=1S/C12H20N2O/c1-4-12(15)7-5-6-11-8-9-14(13-11)10(2)3/h8-10H,4-7H2,1-3H3. The third kappa shape index (κ3) is 3.86. The highest BCUT2D eigenvalue weighted by Crippen LogP contribution is 2.07. The monoisotopic (exact) mass is 208 g/mol. The number of carbonyl (C=O) groups is 1. The number of hydrogen-bond acceptors (Lipinski definition) is 2. The lowest BCUT2D eigenvalue weighted by Crippen LogP contribution is -2.02. The highest BCUT2D eigenvalue weighted by atomic mass is 16.1. The molecule has 1 aromatic rings. The van der Waals surface area contributed by atoms with Crippen molar-refractivity contribution in [2.24, 2.45) is 0 Å². The Hall–Kier alpha value is -1.12. The smallest absolute Gasteiger partial charge is 0.132 e. The molecule has 1 heterocycles. The molecule has 1 aromatic heterocycles. The Morgan fingerprint density at radius 3 is 2.80 bits per heavy atom. The fourth-order valence-corrected chi connectivity index (χ4v) is 1.44. The molecule has 0 aliphatic carbocycles. The number of ketones is 1. The van der Waals surface area contributed by atoms with Gasteiger partial charge in [0, 0.05) is 25.1 Å². The second kappa shape index (κ2) is 5.69. The van der Waals surface area contributed by atoms with E-state index in [9.17, 15) is 4.79 Å². The summed E-state index contributed by atoms with van der Waals surface area (Å²) in [5.41, 5.74) is 1.09. The van der Waals surface area contributed by atoms with Gasteiger partial charge in [-0.3, -0.25) is 9.48 Å². The van der Waals surface area contributed by atoms with Crippen LogP contribution in [0.4, 0.5) is 0 Å². The van der Waals surface area contributed by atoms with E-state index >= 15 is 0 Å². The molecule has 0 radical (unpaired) electrons. The van der Waals surface area contributed by atoms with Crippen molar-refractivity contribution < 1.29 is 4.79 Å². The first-order valence-electron chi connectivity index (χ1n) is 5.69. The number of aromatic nitrogens is 2. The van der Waals surface area contributed by atoms with Crippen molar-refractivity contribution in [1.29, 1.82) is 0 Å². The summed E-state index contributed by atoms with van der Waals surface area (Å²) in [5, 5.41) is 4.44. The average molecular weight is 208 g/mol. The van der Waals surface area contributed by atoms with Gasteiger partial charge in [-0.2, -0.15) is 5.10 Å². The number of nitrogens with zero attached hydrogens (tertiary/aromatic N) is 2. The zero-order chi connectivity index (χ0) is 11.3. The Morgan fingerprint density at radius 1 is 1.53 bits per heavy atom. The highest BCUT2D eigenvalue weighted by Gasteiger charge is 2.03. The lowest BCUT2D eigenvalue weighted by Gasteiger charge is -2.03. The van der Waals surface area contributed by atoms with Crippen LogP contribution in [0.5, 0.6) is 0 Å². The molecule has 0 unspecified atom stereocenters. The van der Waals surface area contributed by atoms with Crippen molar-refractivity contribution in [2.45, 2.75) is 52.5 Å². The van der Waals surface area contributed by atoms with Gasteiger partial charge in [-0.25, -0.2) is 0 Å². The summed E-state index contributed by atoms with van der Waals surface area (Å²) in [6.45, 7) is 6.13. The van der Waals surface area contributed by atoms with Gasteiger partial charge in [0.25, 0.3) is 0 Å². The molecule has 0 saturated heterocycles. The van der Waals surface area contributed by atoms with Gasteiger partial charge in [0.2, 0.25) is 0 Å². The molecular weight excluding hydrogens is 188 g/mol. The summed E-state index contributed by atoms with van der Waals surface area (Å²) in [5.74, 6) is 0.346. The number of rotatable bonds is 6. The predicted molar refractivity (Wildman–Crippen MR) is 60.8 cm³/mol. The molecule has 84 valence electrons. The summed E-state index contributed by atoms with van der Waals surface area (Å²) in [7, 11) is 0. The Morgan fingerprint density at radius 2 is 2.27 bits per heavy atom. The lowest BCUT2D eigenvalue weighted by molar-refractivity contribution is -0.118. The van der Waals surface area contributed by atoms with E-state index in [1.807, 2.05) is 23.9 Å². The minimum atomic E-state index is 0.346. The van der Waals surface area contributed by atoms with E-state index in [2.05, 4.69) is 18.9 Å². The van der Waals surface area contributed by atoms with Gasteiger partial charge in [-0.1, -0.05) is 6.92 Å². The van der Waals surface area contributed by atoms with Crippen molar-refractivity contribution in [1.82, 2.24) is 9.78 Å². The Kier molecular flexibility index (Phi) is 4.53. The maximum atomic E-state index is 11.1. The first-order chi connectivity index (χ1) is 7.13. The van der Waals surface area contributed by atoms with Crippen molar-refractivity contribution in [3.8, 4) is 0 Å². The zero-order valence-electron chi connectivity index (χ0n) is 9.86. The molecule has 3 heteroatoms. The van der Waals surface area contributed by atoms with Crippen LogP contribution in [-0.2, 0) is 11.2 Å². The highest BCUT2D eigenvalue weighted by molar-refractivity contribution is 5.77. The van der Waals surface area contributed by atoms with Gasteiger partial charge in [0.05, 0.1) is 5.69 Å². The molecule has 0 aliphatic heterocycles. The van der Waals surface area contributed by atoms with Crippen LogP contribution in [0.1, 0.15) is 51.8 Å². The van der Waals surface area contributed by atoms with Crippen LogP contribution in [0.3, 0.4) is 0 Å². The topological polar surface area (TPSA) is 34.9 Å². The molecule has 0 bridgehead atoms. The van der Waals surface area contributed by atoms with Gasteiger partial charge >= 0.3 is 0 Å². The van der Waals surface area contributed by atoms with Gasteiger partial charge in [0.15, 0.2) is 0 Å². The van der Waals surface area contributed by atoms with E-state index in [-0.39, 0.29) is 0 Å². The average Bonchev–Trinajstić information content (AvgIpc) is 2.66. The molecule has 0 N–H and O–H groups in total. The number of Topliss-reactive ketones (excluding diaryl/α,β-unsaturated/α-hetero) is 1. The molecule has 0 aliphatic rings. The van der Waals surface area contributed by atoms with E-state index in [1.165, 1.54) is 0 Å². The van der Waals surface area contributed by atoms with E-state index in [4.69, 9.17) is 0 Å². The molecule has 0 aromatic carbocycles. The van der Waals surface area contributed by atoms with Crippen molar-refractivity contribution >= 4 is 5.78 Å². The van der Waals surface area contributed by atoms with Gasteiger partial charge in [-0.05, 0) is 32.8 Å². The second-order valence-corrected chi connectivity index (χ2v) is 4.13. The van der Waals surface area contributed by atoms with E-state index in [0.29, 0.717) is 24.7 Å². The molecule has 3 nitrogen and oxygen atoms in total. The lowest BCUT2D eigenvalue weighted by atomic mass is 10.1. The Bertz CT molecular complexity index is 315. The molecule has 0 fully saturated rings. The van der Waals surface area contributed by atoms with Gasteiger partial charge < -0.3 is 0 Å². The minimum Gasteiger partial charge on any atom is -0.300 e. The third-order valence-electron chi connectivity index (χ3n) is 2.48. The molecule has 0 spiro atoms. The molecule has 0 amide bonds. The van der Waals surface area contributed by atoms with Crippen molar-refractivity contribution in [2.75, 3.05) is 0 Å². The van der Waals surface area contributed by atoms with E-state index in [1.54, 1.807) is 0 Å². The fraction of sp³-hybridized carbons (Fsp3) is 0.667. The Balaban J connectivity index is 2.34. The quantitative estimate of drug-likeness (QED) is 0.720. The summed E-state index contributed by atoms with van der Waals surface area (Å²) in [6.07, 6.45) is 5.17. The van der Waals surface area contributed by atoms with Crippen LogP contribution in [-0.4, -0.2) is 15.6 Å². The van der Waals surface area contributed by atoms with Gasteiger partial charge in [-0.15, -0.1) is 0 Å². The maximum absolute atomic E-state index is 11.1. The molecule has 0 saturated carbocycles. The van der Waals surface area contributed by atoms with E-state index < -0.39 is 0 Å². The van der Waals surface area contributed by atoms with Crippen LogP contribution in [0.2, 0.25) is 0 Å². The largest absolute Gasteiger partial charge is 0.300 e. The van der Waals surface area contributed by atoms with E-state index in [0.717, 1.165) is 18.5 Å². The number of carbonyl (C=O) groups excluding carboxylic acids is 1. The van der Waals surface area contributed by atoms with Crippen molar-refractivity contribution in [3.05, 3.63) is 18.0 Å². The maximum Gasteiger partial charge on any atom is 0.132 e. The van der Waals surface area contributed by atoms with Gasteiger partial charge in [0.1, 0.15) is 5.78 Å². The normalized spacial score (nSPS) is 10.9. The summed E-state index contributed by atoms with van der Waals surface area (Å²) < 4.78 is 1.96. The third-order valence-corrected chi connectivity index (χ3v) is 2.48. The van der Waals surface area contributed by atoms with Crippen LogP contribution in [0, 0.1) is 0 Å². The second-order valence-electron chi connectivity index (χ2n) is 4.13. The molecule has 15 heavy (non-hydrogen) atoms. The van der Waals surface area contributed by atoms with Crippen molar-refractivity contribution in [3.63, 3.8) is 0 Å². The number of hydrogen-bond donors (Lipinski definition) is 0. The first kappa shape index (κ1) is 12.0. The van der Waals surface area contributed by atoms with Crippen LogP contribution in [0.15, 0.2) is 12.3 Å². The van der Waals surface area contributed by atoms with Crippen LogP contribution in [0.25, 0.3) is 0 Å². The fourth-order valence-electron chi connectivity index (χ4n) is 1.44. The summed E-state index contributed by atoms with van der Waals surface area (Å²) in [4.78, 5) is 11.1. The SMILES string of the molecule is CCC(=O)CCCc1ccn(C(C)C)n1. The number of aryl methyl sites for hydroxylation is 1. The summed E-state index contributed by atoms with van der Waals surface area (Å²) >= 11 is 0. The summed E-state index contributed by atoms with van der Waals surface area (Å²) in [6, 6.07) is 2.45. The Labute approximate surface area is 91.5 Å². The minimum absolute atomic E-state index is 0.346. The first-order valence-corrected chi connectivity index (χ1v) is 5.69. The molecule has 0 atom stereocenters. The zero-order valence-corrected chi connectivity index (χ0v) is 9.86. The molecule has 1 rings (SSSR count). The van der Waals surface area contributed by atoms with Crippen LogP contribution >= 0.6 is 0 Å². The predicted octanol–water partition coefficient (Wildman–Crippen LogP) is 2.77. The molecular formula is C12H20N2O. The van der Waals surface area contributed by atoms with Crippen LogP contribution < -0.4 is 0 Å².